The number of rotatable bonds is 45. The average Bonchev–Trinajstić information content (AvgIpc) is 3.22. The second-order valence-electron chi connectivity index (χ2n) is 18.1. The van der Waals surface area contributed by atoms with Crippen LogP contribution in [0.5, 0.6) is 0 Å². The maximum Gasteiger partial charge on any atom is 0.362 e. The van der Waals surface area contributed by atoms with Crippen molar-refractivity contribution in [2.45, 2.75) is 231 Å². The van der Waals surface area contributed by atoms with Gasteiger partial charge in [-0.1, -0.05) is 197 Å². The summed E-state index contributed by atoms with van der Waals surface area (Å²) in [5.74, 6) is -1.46. The highest BCUT2D eigenvalue weighted by Crippen LogP contribution is 2.16. The van der Waals surface area contributed by atoms with Crippen LogP contribution < -0.4 is 0 Å². The smallest absolute Gasteiger partial charge is 0.362 e. The van der Waals surface area contributed by atoms with E-state index < -0.39 is 18.1 Å². The van der Waals surface area contributed by atoms with Gasteiger partial charge in [0, 0.05) is 19.3 Å². The molecular weight excluding hydrogens is 763 g/mol. The van der Waals surface area contributed by atoms with E-state index in [0.717, 1.165) is 64.2 Å². The number of likely N-dealkylation sites (N-methyl/N-ethyl adjacent to an activating group) is 1. The van der Waals surface area contributed by atoms with E-state index in [1.165, 1.54) is 122 Å². The van der Waals surface area contributed by atoms with Crippen molar-refractivity contribution < 1.29 is 38.2 Å². The second-order valence-corrected chi connectivity index (χ2v) is 18.1. The Morgan fingerprint density at radius 3 is 1.36 bits per heavy atom. The third-order valence-corrected chi connectivity index (χ3v) is 11.2. The predicted molar refractivity (Wildman–Crippen MR) is 257 cm³/mol. The fourth-order valence-electron chi connectivity index (χ4n) is 7.38. The molecule has 0 spiro atoms. The molecule has 0 radical (unpaired) electrons. The van der Waals surface area contributed by atoms with Gasteiger partial charge in [-0.15, -0.1) is 0 Å². The first-order chi connectivity index (χ1) is 29.6. The molecule has 0 amide bonds. The van der Waals surface area contributed by atoms with Crippen LogP contribution in [0.3, 0.4) is 0 Å². The molecule has 0 bridgehead atoms. The van der Waals surface area contributed by atoms with Crippen molar-refractivity contribution in [2.75, 3.05) is 41.0 Å². The molecule has 0 aliphatic rings. The summed E-state index contributed by atoms with van der Waals surface area (Å²) in [6.45, 7) is 4.64. The third kappa shape index (κ3) is 42.4. The molecule has 0 aromatic heterocycles. The molecule has 354 valence electrons. The van der Waals surface area contributed by atoms with Crippen molar-refractivity contribution in [3.63, 3.8) is 0 Å². The van der Waals surface area contributed by atoms with E-state index in [2.05, 4.69) is 62.5 Å². The van der Waals surface area contributed by atoms with Crippen LogP contribution in [-0.4, -0.2) is 80.6 Å². The number of aliphatic carboxylic acids is 1. The summed E-state index contributed by atoms with van der Waals surface area (Å²) in [6, 6.07) is -0.615. The number of allylic oxidation sites excluding steroid dienone is 8. The third-order valence-electron chi connectivity index (χ3n) is 11.2. The van der Waals surface area contributed by atoms with Crippen molar-refractivity contribution in [2.24, 2.45) is 0 Å². The van der Waals surface area contributed by atoms with Gasteiger partial charge in [0.25, 0.3) is 0 Å². The van der Waals surface area contributed by atoms with Crippen LogP contribution in [0.1, 0.15) is 219 Å². The standard InChI is InChI=1S/C53H95NO7/c1-6-8-10-12-14-16-18-20-22-23-24-25-26-27-28-29-30-32-34-36-38-40-42-44-52(56)61-49(47-59-46-45-50(53(57)58)54(3,4)5)48-60-51(55)43-41-39-37-35-33-31-21-19-17-15-13-11-9-7-2/h8,10,14,16,20,22,24-25,49-50H,6-7,9,11-13,15,17-19,21,23,26-48H2,1-5H3/p+1/b10-8+,16-14+,22-20+,25-24+. The Kier molecular flexibility index (Phi) is 42.0. The summed E-state index contributed by atoms with van der Waals surface area (Å²) < 4.78 is 17.3. The maximum absolute atomic E-state index is 12.8. The summed E-state index contributed by atoms with van der Waals surface area (Å²) in [4.78, 5) is 37.1. The largest absolute Gasteiger partial charge is 0.477 e. The summed E-state index contributed by atoms with van der Waals surface area (Å²) in [5.41, 5.74) is 0. The minimum absolute atomic E-state index is 0.0503. The topological polar surface area (TPSA) is 99.1 Å². The van der Waals surface area contributed by atoms with Gasteiger partial charge in [0.05, 0.1) is 34.4 Å². The van der Waals surface area contributed by atoms with Crippen LogP contribution in [0.25, 0.3) is 0 Å². The molecular formula is C53H96NO7+. The van der Waals surface area contributed by atoms with Crippen LogP contribution in [-0.2, 0) is 28.6 Å². The van der Waals surface area contributed by atoms with Gasteiger partial charge in [-0.05, 0) is 51.4 Å². The van der Waals surface area contributed by atoms with Gasteiger partial charge >= 0.3 is 17.9 Å². The van der Waals surface area contributed by atoms with Crippen molar-refractivity contribution in [1.29, 1.82) is 0 Å². The van der Waals surface area contributed by atoms with E-state index in [0.29, 0.717) is 19.3 Å². The molecule has 0 saturated heterocycles. The molecule has 0 saturated carbocycles. The molecule has 2 unspecified atom stereocenters. The number of unbranched alkanes of at least 4 members (excludes halogenated alkanes) is 23. The SMILES string of the molecule is CC/C=C/C/C=C/C/C=C/C/C=C/CCCCCCCCCCCCC(=O)OC(COCCC(C(=O)O)[N+](C)(C)C)COC(=O)CCCCCCCCCCCCCCCC. The fourth-order valence-corrected chi connectivity index (χ4v) is 7.38. The van der Waals surface area contributed by atoms with Crippen molar-refractivity contribution in [1.82, 2.24) is 0 Å². The maximum atomic E-state index is 12.8. The highest BCUT2D eigenvalue weighted by Gasteiger charge is 2.31. The van der Waals surface area contributed by atoms with Gasteiger partial charge in [-0.2, -0.15) is 0 Å². The van der Waals surface area contributed by atoms with E-state index in [-0.39, 0.29) is 36.2 Å². The van der Waals surface area contributed by atoms with E-state index >= 15 is 0 Å². The normalized spacial score (nSPS) is 13.3. The lowest BCUT2D eigenvalue weighted by molar-refractivity contribution is -0.887. The fraction of sp³-hybridized carbons (Fsp3) is 0.792. The zero-order chi connectivity index (χ0) is 44.9. The van der Waals surface area contributed by atoms with Gasteiger partial charge in [0.1, 0.15) is 6.61 Å². The molecule has 0 rings (SSSR count). The van der Waals surface area contributed by atoms with Gasteiger partial charge in [0.2, 0.25) is 0 Å². The summed E-state index contributed by atoms with van der Waals surface area (Å²) in [6.07, 6.45) is 53.0. The number of hydrogen-bond acceptors (Lipinski definition) is 6. The summed E-state index contributed by atoms with van der Waals surface area (Å²) in [5, 5.41) is 9.65. The number of nitrogens with zero attached hydrogens (tertiary/aromatic N) is 1. The molecule has 1 N–H and O–H groups in total. The zero-order valence-corrected chi connectivity index (χ0v) is 40.4. The Bertz CT molecular complexity index is 1140. The van der Waals surface area contributed by atoms with Gasteiger partial charge < -0.3 is 23.8 Å². The number of carboxylic acid groups (broad SMARTS) is 1. The zero-order valence-electron chi connectivity index (χ0n) is 40.4. The van der Waals surface area contributed by atoms with Crippen LogP contribution in [0, 0.1) is 0 Å². The summed E-state index contributed by atoms with van der Waals surface area (Å²) in [7, 11) is 5.54. The lowest BCUT2D eigenvalue weighted by Crippen LogP contribution is -2.50. The van der Waals surface area contributed by atoms with Crippen LogP contribution in [0.4, 0.5) is 0 Å². The Hall–Kier alpha value is -2.71. The second kappa shape index (κ2) is 43.9. The highest BCUT2D eigenvalue weighted by molar-refractivity contribution is 5.72. The molecule has 0 aromatic carbocycles. The van der Waals surface area contributed by atoms with Crippen molar-refractivity contribution >= 4 is 17.9 Å². The molecule has 0 heterocycles. The monoisotopic (exact) mass is 859 g/mol. The number of esters is 2. The van der Waals surface area contributed by atoms with Crippen molar-refractivity contribution in [3.05, 3.63) is 48.6 Å². The number of carbonyl (C=O) groups is 3. The van der Waals surface area contributed by atoms with Crippen molar-refractivity contribution in [3.8, 4) is 0 Å². The minimum atomic E-state index is -0.874. The van der Waals surface area contributed by atoms with E-state index in [1.54, 1.807) is 0 Å². The molecule has 0 aromatic rings. The first kappa shape index (κ1) is 58.3. The highest BCUT2D eigenvalue weighted by atomic mass is 16.6. The Balaban J connectivity index is 4.23. The molecule has 8 heteroatoms. The molecule has 0 aliphatic heterocycles. The molecule has 8 nitrogen and oxygen atoms in total. The quantitative estimate of drug-likeness (QED) is 0.0282. The lowest BCUT2D eigenvalue weighted by Gasteiger charge is -2.31. The number of quaternary nitrogens is 1. The number of ether oxygens (including phenoxy) is 3. The molecule has 61 heavy (non-hydrogen) atoms. The van der Waals surface area contributed by atoms with Crippen LogP contribution in [0.15, 0.2) is 48.6 Å². The molecule has 0 fully saturated rings. The van der Waals surface area contributed by atoms with E-state index in [4.69, 9.17) is 14.2 Å². The first-order valence-corrected chi connectivity index (χ1v) is 25.2. The van der Waals surface area contributed by atoms with Gasteiger partial charge in [-0.3, -0.25) is 9.59 Å². The van der Waals surface area contributed by atoms with E-state index in [1.807, 2.05) is 21.1 Å². The number of carbonyl (C=O) groups excluding carboxylic acids is 2. The first-order valence-electron chi connectivity index (χ1n) is 25.2. The molecule has 2 atom stereocenters. The Morgan fingerprint density at radius 2 is 0.918 bits per heavy atom. The predicted octanol–water partition coefficient (Wildman–Crippen LogP) is 14.4. The minimum Gasteiger partial charge on any atom is -0.477 e. The summed E-state index contributed by atoms with van der Waals surface area (Å²) >= 11 is 0. The number of hydrogen-bond donors (Lipinski definition) is 1. The molecule has 0 aliphatic carbocycles. The average molecular weight is 859 g/mol. The Labute approximate surface area is 376 Å². The number of carboxylic acids is 1. The Morgan fingerprint density at radius 1 is 0.508 bits per heavy atom. The van der Waals surface area contributed by atoms with Crippen LogP contribution >= 0.6 is 0 Å². The van der Waals surface area contributed by atoms with Gasteiger partial charge in [0.15, 0.2) is 12.1 Å². The van der Waals surface area contributed by atoms with E-state index in [9.17, 15) is 19.5 Å². The lowest BCUT2D eigenvalue weighted by atomic mass is 10.0. The van der Waals surface area contributed by atoms with Gasteiger partial charge in [-0.25, -0.2) is 4.79 Å². The van der Waals surface area contributed by atoms with Crippen LogP contribution in [0.2, 0.25) is 0 Å².